The molecule has 0 saturated carbocycles. The lowest BCUT2D eigenvalue weighted by Gasteiger charge is -2.11. The number of carbonyl (C=O) groups is 1. The largest absolute Gasteiger partial charge is 0.346 e. The fraction of sp³-hybridized carbons (Fsp3) is 0.269. The molecule has 0 atom stereocenters. The van der Waals surface area contributed by atoms with Gasteiger partial charge in [0.05, 0.1) is 23.5 Å². The van der Waals surface area contributed by atoms with Crippen LogP contribution in [-0.2, 0) is 19.5 Å². The van der Waals surface area contributed by atoms with Crippen LogP contribution in [0.5, 0.6) is 0 Å². The molecule has 0 radical (unpaired) electrons. The van der Waals surface area contributed by atoms with Crippen molar-refractivity contribution in [2.24, 2.45) is 0 Å². The highest BCUT2D eigenvalue weighted by atomic mass is 16.1. The molecule has 2 aromatic heterocycles. The predicted molar refractivity (Wildman–Crippen MR) is 125 cm³/mol. The van der Waals surface area contributed by atoms with Gasteiger partial charge in [0, 0.05) is 30.9 Å². The van der Waals surface area contributed by atoms with Gasteiger partial charge in [-0.15, -0.1) is 0 Å². The van der Waals surface area contributed by atoms with Crippen LogP contribution in [0, 0.1) is 13.8 Å². The highest BCUT2D eigenvalue weighted by Crippen LogP contribution is 2.27. The first-order valence-corrected chi connectivity index (χ1v) is 11.1. The normalized spacial score (nSPS) is 13.1. The van der Waals surface area contributed by atoms with E-state index in [0.29, 0.717) is 17.8 Å². The summed E-state index contributed by atoms with van der Waals surface area (Å²) in [5, 5.41) is 7.87. The molecule has 0 bridgehead atoms. The van der Waals surface area contributed by atoms with Crippen LogP contribution in [0.1, 0.15) is 45.8 Å². The van der Waals surface area contributed by atoms with Gasteiger partial charge in [-0.25, -0.2) is 9.67 Å². The first-order valence-electron chi connectivity index (χ1n) is 11.1. The van der Waals surface area contributed by atoms with Gasteiger partial charge in [0.25, 0.3) is 5.91 Å². The minimum Gasteiger partial charge on any atom is -0.346 e. The van der Waals surface area contributed by atoms with Crippen molar-refractivity contribution < 1.29 is 4.79 Å². The van der Waals surface area contributed by atoms with E-state index in [9.17, 15) is 4.79 Å². The second-order valence-corrected chi connectivity index (χ2v) is 8.47. The lowest BCUT2D eigenvalue weighted by molar-refractivity contribution is 0.0951. The van der Waals surface area contributed by atoms with Crippen LogP contribution in [0.3, 0.4) is 0 Å². The quantitative estimate of drug-likeness (QED) is 0.507. The monoisotopic (exact) mass is 425 g/mol. The summed E-state index contributed by atoms with van der Waals surface area (Å²) in [7, 11) is 0. The minimum absolute atomic E-state index is 0.145. The molecule has 5 rings (SSSR count). The number of hydrogen-bond donors (Lipinski definition) is 1. The predicted octanol–water partition coefficient (Wildman–Crippen LogP) is 4.62. The number of benzene rings is 2. The maximum Gasteiger partial charge on any atom is 0.255 e. The Morgan fingerprint density at radius 2 is 1.91 bits per heavy atom. The van der Waals surface area contributed by atoms with Crippen LogP contribution in [0.2, 0.25) is 0 Å². The van der Waals surface area contributed by atoms with Crippen LogP contribution < -0.4 is 5.32 Å². The molecule has 1 aliphatic rings. The third kappa shape index (κ3) is 3.96. The lowest BCUT2D eigenvalue weighted by Crippen LogP contribution is -2.23. The first-order chi connectivity index (χ1) is 15.6. The Bertz CT molecular complexity index is 1250. The lowest BCUT2D eigenvalue weighted by atomic mass is 10.0. The van der Waals surface area contributed by atoms with E-state index in [1.54, 1.807) is 4.68 Å². The van der Waals surface area contributed by atoms with E-state index in [-0.39, 0.29) is 5.91 Å². The molecule has 2 aromatic carbocycles. The summed E-state index contributed by atoms with van der Waals surface area (Å²) in [6, 6.07) is 16.1. The SMILES string of the molecule is Cc1ccc(-c2nn(-c3ccccc3)cc2C(=O)NCc2cn3c(n2)CCCC3)c(C)c1. The van der Waals surface area contributed by atoms with Gasteiger partial charge < -0.3 is 9.88 Å². The van der Waals surface area contributed by atoms with Gasteiger partial charge in [-0.2, -0.15) is 5.10 Å². The van der Waals surface area contributed by atoms with Gasteiger partial charge in [-0.05, 0) is 44.4 Å². The second kappa shape index (κ2) is 8.46. The number of rotatable bonds is 5. The number of fused-ring (bicyclic) bond motifs is 1. The van der Waals surface area contributed by atoms with Crippen LogP contribution >= 0.6 is 0 Å². The first kappa shape index (κ1) is 20.2. The van der Waals surface area contributed by atoms with E-state index >= 15 is 0 Å². The Hall–Kier alpha value is -3.67. The summed E-state index contributed by atoms with van der Waals surface area (Å²) in [5.41, 5.74) is 6.31. The average Bonchev–Trinajstić information content (AvgIpc) is 3.42. The number of imidazole rings is 1. The van der Waals surface area contributed by atoms with Crippen LogP contribution in [0.4, 0.5) is 0 Å². The molecule has 4 aromatic rings. The molecule has 0 saturated heterocycles. The van der Waals surface area contributed by atoms with E-state index in [1.807, 2.05) is 42.6 Å². The number of hydrogen-bond acceptors (Lipinski definition) is 3. The van der Waals surface area contributed by atoms with Gasteiger partial charge in [-0.1, -0.05) is 42.0 Å². The smallest absolute Gasteiger partial charge is 0.255 e. The second-order valence-electron chi connectivity index (χ2n) is 8.47. The Morgan fingerprint density at radius 3 is 2.69 bits per heavy atom. The molecule has 6 heteroatoms. The van der Waals surface area contributed by atoms with E-state index in [1.165, 1.54) is 18.4 Å². The Kier molecular flexibility index (Phi) is 5.35. The van der Waals surface area contributed by atoms with Gasteiger partial charge in [0.1, 0.15) is 11.5 Å². The van der Waals surface area contributed by atoms with Gasteiger partial charge >= 0.3 is 0 Å². The number of nitrogens with one attached hydrogen (secondary N) is 1. The summed E-state index contributed by atoms with van der Waals surface area (Å²) >= 11 is 0. The molecule has 6 nitrogen and oxygen atoms in total. The highest BCUT2D eigenvalue weighted by molar-refractivity contribution is 6.00. The van der Waals surface area contributed by atoms with E-state index in [4.69, 9.17) is 10.1 Å². The van der Waals surface area contributed by atoms with Crippen LogP contribution in [0.15, 0.2) is 60.9 Å². The number of para-hydroxylation sites is 1. The Balaban J connectivity index is 1.46. The van der Waals surface area contributed by atoms with E-state index in [0.717, 1.165) is 41.3 Å². The van der Waals surface area contributed by atoms with Crippen molar-refractivity contribution in [2.45, 2.75) is 46.2 Å². The molecule has 1 aliphatic heterocycles. The number of aromatic nitrogens is 4. The molecule has 3 heterocycles. The van der Waals surface area contributed by atoms with Crippen LogP contribution in [-0.4, -0.2) is 25.2 Å². The molecule has 0 unspecified atom stereocenters. The van der Waals surface area contributed by atoms with E-state index < -0.39 is 0 Å². The van der Waals surface area contributed by atoms with Crippen molar-refractivity contribution in [1.29, 1.82) is 0 Å². The summed E-state index contributed by atoms with van der Waals surface area (Å²) in [6.45, 7) is 5.54. The topological polar surface area (TPSA) is 64.7 Å². The van der Waals surface area contributed by atoms with Gasteiger partial charge in [0.15, 0.2) is 0 Å². The number of nitrogens with zero attached hydrogens (tertiary/aromatic N) is 4. The number of amides is 1. The van der Waals surface area contributed by atoms with Crippen molar-refractivity contribution >= 4 is 5.91 Å². The summed E-state index contributed by atoms with van der Waals surface area (Å²) in [4.78, 5) is 18.0. The zero-order chi connectivity index (χ0) is 22.1. The molecular weight excluding hydrogens is 398 g/mol. The number of carbonyl (C=O) groups excluding carboxylic acids is 1. The molecule has 1 amide bonds. The fourth-order valence-electron chi connectivity index (χ4n) is 4.35. The average molecular weight is 426 g/mol. The molecule has 1 N–H and O–H groups in total. The van der Waals surface area contributed by atoms with Crippen molar-refractivity contribution in [2.75, 3.05) is 0 Å². The molecular formula is C26H27N5O. The van der Waals surface area contributed by atoms with Crippen LogP contribution in [0.25, 0.3) is 16.9 Å². The van der Waals surface area contributed by atoms with Crippen molar-refractivity contribution in [3.05, 3.63) is 89.1 Å². The minimum atomic E-state index is -0.145. The summed E-state index contributed by atoms with van der Waals surface area (Å²) in [6.07, 6.45) is 7.26. The maximum atomic E-state index is 13.3. The third-order valence-corrected chi connectivity index (χ3v) is 6.01. The standard InChI is InChI=1S/C26H27N5O/c1-18-11-12-22(19(2)14-18)25-23(17-31(29-25)21-8-4-3-5-9-21)26(32)27-15-20-16-30-13-7-6-10-24(30)28-20/h3-5,8-9,11-12,14,16-17H,6-7,10,13,15H2,1-2H3,(H,27,32). The summed E-state index contributed by atoms with van der Waals surface area (Å²) < 4.78 is 3.98. The molecule has 0 aliphatic carbocycles. The fourth-order valence-corrected chi connectivity index (χ4v) is 4.35. The molecule has 0 spiro atoms. The molecule has 0 fully saturated rings. The van der Waals surface area contributed by atoms with Crippen molar-refractivity contribution in [1.82, 2.24) is 24.6 Å². The zero-order valence-corrected chi connectivity index (χ0v) is 18.5. The number of aryl methyl sites for hydroxylation is 4. The molecule has 32 heavy (non-hydrogen) atoms. The van der Waals surface area contributed by atoms with E-state index in [2.05, 4.69) is 42.1 Å². The Morgan fingerprint density at radius 1 is 1.06 bits per heavy atom. The van der Waals surface area contributed by atoms with Gasteiger partial charge in [0.2, 0.25) is 0 Å². The zero-order valence-electron chi connectivity index (χ0n) is 18.5. The Labute approximate surface area is 187 Å². The summed E-state index contributed by atoms with van der Waals surface area (Å²) in [5.74, 6) is 0.974. The third-order valence-electron chi connectivity index (χ3n) is 6.01. The molecule has 162 valence electrons. The van der Waals surface area contributed by atoms with Gasteiger partial charge in [-0.3, -0.25) is 4.79 Å². The highest BCUT2D eigenvalue weighted by Gasteiger charge is 2.20. The van der Waals surface area contributed by atoms with Crippen molar-refractivity contribution in [3.8, 4) is 16.9 Å². The maximum absolute atomic E-state index is 13.3. The van der Waals surface area contributed by atoms with Crippen molar-refractivity contribution in [3.63, 3.8) is 0 Å².